The molecule has 21 heavy (non-hydrogen) atoms. The van der Waals surface area contributed by atoms with Gasteiger partial charge >= 0.3 is 0 Å². The van der Waals surface area contributed by atoms with Gasteiger partial charge in [-0.25, -0.2) is 0 Å². The first kappa shape index (κ1) is 14.6. The lowest BCUT2D eigenvalue weighted by molar-refractivity contribution is 0.481. The molecule has 0 fully saturated rings. The highest BCUT2D eigenvalue weighted by atomic mass is 32.1. The van der Waals surface area contributed by atoms with Crippen molar-refractivity contribution < 1.29 is 4.42 Å². The summed E-state index contributed by atoms with van der Waals surface area (Å²) < 4.78 is 5.66. The number of hydrogen-bond acceptors (Lipinski definition) is 4. The molecule has 0 aromatic carbocycles. The first-order valence-electron chi connectivity index (χ1n) is 7.05. The van der Waals surface area contributed by atoms with Gasteiger partial charge < -0.3 is 4.42 Å². The van der Waals surface area contributed by atoms with Gasteiger partial charge in [0.25, 0.3) is 0 Å². The first-order valence-corrected chi connectivity index (χ1v) is 8.81. The minimum atomic E-state index is 0.245. The SMILES string of the molecule is Cc1cc(C(C)NC(c2cccs2)c2cccs2)c(C)o1. The molecule has 0 aliphatic heterocycles. The predicted octanol–water partition coefficient (Wildman–Crippen LogP) is 5.46. The van der Waals surface area contributed by atoms with Gasteiger partial charge in [0, 0.05) is 21.4 Å². The van der Waals surface area contributed by atoms with Crippen LogP contribution in [0, 0.1) is 13.8 Å². The zero-order chi connectivity index (χ0) is 14.8. The van der Waals surface area contributed by atoms with E-state index in [2.05, 4.69) is 53.3 Å². The van der Waals surface area contributed by atoms with E-state index in [-0.39, 0.29) is 12.1 Å². The Kier molecular flexibility index (Phi) is 4.29. The normalized spacial score (nSPS) is 13.0. The van der Waals surface area contributed by atoms with E-state index in [9.17, 15) is 0 Å². The molecule has 0 aliphatic rings. The molecule has 3 aromatic heterocycles. The van der Waals surface area contributed by atoms with Crippen molar-refractivity contribution in [1.82, 2.24) is 5.32 Å². The van der Waals surface area contributed by atoms with Gasteiger partial charge in [0.15, 0.2) is 0 Å². The van der Waals surface area contributed by atoms with Gasteiger partial charge in [0.1, 0.15) is 11.5 Å². The fraction of sp³-hybridized carbons (Fsp3) is 0.294. The highest BCUT2D eigenvalue weighted by Gasteiger charge is 2.21. The van der Waals surface area contributed by atoms with Crippen molar-refractivity contribution in [3.8, 4) is 0 Å². The van der Waals surface area contributed by atoms with E-state index < -0.39 is 0 Å². The molecule has 0 radical (unpaired) electrons. The second-order valence-electron chi connectivity index (χ2n) is 5.22. The van der Waals surface area contributed by atoms with E-state index in [1.165, 1.54) is 15.3 Å². The van der Waals surface area contributed by atoms with Gasteiger partial charge in [-0.2, -0.15) is 0 Å². The minimum Gasteiger partial charge on any atom is -0.466 e. The summed E-state index contributed by atoms with van der Waals surface area (Å²) in [5.41, 5.74) is 1.24. The Morgan fingerprint density at radius 1 is 1.05 bits per heavy atom. The molecule has 0 amide bonds. The van der Waals surface area contributed by atoms with E-state index in [0.29, 0.717) is 0 Å². The third-order valence-electron chi connectivity index (χ3n) is 3.62. The zero-order valence-corrected chi connectivity index (χ0v) is 14.1. The topological polar surface area (TPSA) is 25.2 Å². The van der Waals surface area contributed by atoms with Crippen LogP contribution in [0.4, 0.5) is 0 Å². The lowest BCUT2D eigenvalue weighted by atomic mass is 10.1. The first-order chi connectivity index (χ1) is 10.1. The standard InChI is InChI=1S/C17H19NOS2/c1-11-10-14(13(3)19-11)12(2)18-17(15-6-4-8-20-15)16-7-5-9-21-16/h4-10,12,17-18H,1-3H3. The Hall–Kier alpha value is -1.36. The number of aryl methyl sites for hydroxylation is 2. The minimum absolute atomic E-state index is 0.245. The van der Waals surface area contributed by atoms with Crippen molar-refractivity contribution in [3.63, 3.8) is 0 Å². The molecule has 0 saturated carbocycles. The summed E-state index contributed by atoms with van der Waals surface area (Å²) in [7, 11) is 0. The van der Waals surface area contributed by atoms with Crippen LogP contribution in [-0.4, -0.2) is 0 Å². The Morgan fingerprint density at radius 2 is 1.67 bits per heavy atom. The van der Waals surface area contributed by atoms with Crippen molar-refractivity contribution in [2.45, 2.75) is 32.9 Å². The van der Waals surface area contributed by atoms with E-state index in [0.717, 1.165) is 11.5 Å². The third-order valence-corrected chi connectivity index (χ3v) is 5.49. The molecule has 0 aliphatic carbocycles. The third kappa shape index (κ3) is 3.12. The van der Waals surface area contributed by atoms with Crippen molar-refractivity contribution in [2.75, 3.05) is 0 Å². The largest absolute Gasteiger partial charge is 0.466 e. The van der Waals surface area contributed by atoms with Crippen LogP contribution in [0.2, 0.25) is 0 Å². The average molecular weight is 317 g/mol. The monoisotopic (exact) mass is 317 g/mol. The maximum absolute atomic E-state index is 5.66. The van der Waals surface area contributed by atoms with Crippen LogP contribution >= 0.6 is 22.7 Å². The van der Waals surface area contributed by atoms with Gasteiger partial charge in [-0.15, -0.1) is 22.7 Å². The van der Waals surface area contributed by atoms with Crippen LogP contribution in [0.5, 0.6) is 0 Å². The lowest BCUT2D eigenvalue weighted by Crippen LogP contribution is -2.24. The Labute approximate surface area is 133 Å². The maximum Gasteiger partial charge on any atom is 0.105 e. The van der Waals surface area contributed by atoms with Crippen LogP contribution < -0.4 is 5.32 Å². The molecule has 0 bridgehead atoms. The molecule has 2 nitrogen and oxygen atoms in total. The molecule has 1 unspecified atom stereocenters. The molecule has 1 N–H and O–H groups in total. The van der Waals surface area contributed by atoms with Gasteiger partial charge in [-0.1, -0.05) is 12.1 Å². The summed E-state index contributed by atoms with van der Waals surface area (Å²) in [5, 5.41) is 8.02. The number of rotatable bonds is 5. The van der Waals surface area contributed by atoms with Gasteiger partial charge in [-0.3, -0.25) is 5.32 Å². The van der Waals surface area contributed by atoms with E-state index in [1.807, 2.05) is 13.8 Å². The van der Waals surface area contributed by atoms with Crippen LogP contribution in [0.25, 0.3) is 0 Å². The molecule has 0 saturated heterocycles. The highest BCUT2D eigenvalue weighted by Crippen LogP contribution is 2.32. The van der Waals surface area contributed by atoms with Crippen molar-refractivity contribution in [3.05, 3.63) is 67.9 Å². The molecule has 3 heterocycles. The molecular formula is C17H19NOS2. The van der Waals surface area contributed by atoms with Gasteiger partial charge in [-0.05, 0) is 49.7 Å². The fourth-order valence-electron chi connectivity index (χ4n) is 2.64. The van der Waals surface area contributed by atoms with Crippen LogP contribution in [-0.2, 0) is 0 Å². The van der Waals surface area contributed by atoms with E-state index in [1.54, 1.807) is 22.7 Å². The van der Waals surface area contributed by atoms with Crippen molar-refractivity contribution >= 4 is 22.7 Å². The van der Waals surface area contributed by atoms with Crippen LogP contribution in [0.1, 0.15) is 45.8 Å². The Morgan fingerprint density at radius 3 is 2.10 bits per heavy atom. The lowest BCUT2D eigenvalue weighted by Gasteiger charge is -2.21. The highest BCUT2D eigenvalue weighted by molar-refractivity contribution is 7.11. The maximum atomic E-state index is 5.66. The van der Waals surface area contributed by atoms with Gasteiger partial charge in [0.05, 0.1) is 6.04 Å². The van der Waals surface area contributed by atoms with Crippen LogP contribution in [0.15, 0.2) is 45.5 Å². The Balaban J connectivity index is 1.87. The smallest absolute Gasteiger partial charge is 0.105 e. The number of furan rings is 1. The molecule has 4 heteroatoms. The van der Waals surface area contributed by atoms with Gasteiger partial charge in [0.2, 0.25) is 0 Å². The molecule has 3 aromatic rings. The number of nitrogens with one attached hydrogen (secondary N) is 1. The number of thiophene rings is 2. The summed E-state index contributed by atoms with van der Waals surface area (Å²) in [6, 6.07) is 11.2. The molecule has 3 rings (SSSR count). The summed E-state index contributed by atoms with van der Waals surface area (Å²) in [6.45, 7) is 6.23. The molecular weight excluding hydrogens is 298 g/mol. The zero-order valence-electron chi connectivity index (χ0n) is 12.4. The predicted molar refractivity (Wildman–Crippen MR) is 90.2 cm³/mol. The average Bonchev–Trinajstić information content (AvgIpc) is 3.17. The van der Waals surface area contributed by atoms with Crippen molar-refractivity contribution in [2.24, 2.45) is 0 Å². The second kappa shape index (κ2) is 6.18. The molecule has 1 atom stereocenters. The van der Waals surface area contributed by atoms with Crippen molar-refractivity contribution in [1.29, 1.82) is 0 Å². The molecule has 0 spiro atoms. The van der Waals surface area contributed by atoms with E-state index >= 15 is 0 Å². The number of hydrogen-bond donors (Lipinski definition) is 1. The second-order valence-corrected chi connectivity index (χ2v) is 7.18. The summed E-state index contributed by atoms with van der Waals surface area (Å²) in [4.78, 5) is 2.70. The van der Waals surface area contributed by atoms with E-state index in [4.69, 9.17) is 4.42 Å². The summed E-state index contributed by atoms with van der Waals surface area (Å²) in [5.74, 6) is 1.98. The quantitative estimate of drug-likeness (QED) is 0.676. The Bertz CT molecular complexity index is 648. The summed E-state index contributed by atoms with van der Waals surface area (Å²) in [6.07, 6.45) is 0. The fourth-order valence-corrected chi connectivity index (χ4v) is 4.32. The van der Waals surface area contributed by atoms with Crippen LogP contribution in [0.3, 0.4) is 0 Å². The molecule has 110 valence electrons. The summed E-state index contributed by atoms with van der Waals surface area (Å²) >= 11 is 3.59.